The van der Waals surface area contributed by atoms with Gasteiger partial charge in [0.15, 0.2) is 0 Å². The molecule has 8 nitrogen and oxygen atoms in total. The number of piperidine rings is 1. The SMILES string of the molecule is O=C(Nc1cc2cc(-c3cnn4c3CN(CCF)CC4)cnc2cn1)C1CCN(CC2(C(F)(F)F)CC2)CC1. The van der Waals surface area contributed by atoms with Gasteiger partial charge in [-0.2, -0.15) is 18.3 Å². The van der Waals surface area contributed by atoms with Crippen LogP contribution in [0, 0.1) is 11.3 Å². The van der Waals surface area contributed by atoms with Crippen LogP contribution in [-0.4, -0.2) is 81.0 Å². The van der Waals surface area contributed by atoms with Crippen LogP contribution in [0.25, 0.3) is 22.0 Å². The van der Waals surface area contributed by atoms with Gasteiger partial charge in [0.25, 0.3) is 0 Å². The molecule has 1 aliphatic carbocycles. The molecule has 6 rings (SSSR count). The number of fused-ring (bicyclic) bond motifs is 2. The lowest BCUT2D eigenvalue weighted by Crippen LogP contribution is -2.44. The second-order valence-corrected chi connectivity index (χ2v) is 11.0. The zero-order chi connectivity index (χ0) is 27.2. The number of aromatic nitrogens is 4. The van der Waals surface area contributed by atoms with Crippen molar-refractivity contribution in [3.8, 4) is 11.1 Å². The molecule has 0 bridgehead atoms. The molecule has 208 valence electrons. The highest BCUT2D eigenvalue weighted by Crippen LogP contribution is 2.58. The van der Waals surface area contributed by atoms with E-state index in [0.29, 0.717) is 56.9 Å². The number of nitrogens with one attached hydrogen (secondary N) is 1. The van der Waals surface area contributed by atoms with Crippen molar-refractivity contribution >= 4 is 22.6 Å². The molecule has 1 amide bonds. The molecule has 5 heterocycles. The smallest absolute Gasteiger partial charge is 0.310 e. The number of amides is 1. The van der Waals surface area contributed by atoms with Crippen LogP contribution in [-0.2, 0) is 17.9 Å². The first-order chi connectivity index (χ1) is 18.7. The Kier molecular flexibility index (Phi) is 6.78. The summed E-state index contributed by atoms with van der Waals surface area (Å²) in [4.78, 5) is 25.8. The Labute approximate surface area is 223 Å². The van der Waals surface area contributed by atoms with E-state index in [-0.39, 0.29) is 37.9 Å². The second kappa shape index (κ2) is 10.1. The fraction of sp³-hybridized carbons (Fsp3) is 0.556. The summed E-state index contributed by atoms with van der Waals surface area (Å²) in [7, 11) is 0. The first kappa shape index (κ1) is 26.1. The molecule has 12 heteroatoms. The van der Waals surface area contributed by atoms with Crippen molar-refractivity contribution in [2.75, 3.05) is 44.7 Å². The third-order valence-electron chi connectivity index (χ3n) is 8.42. The van der Waals surface area contributed by atoms with Crippen LogP contribution >= 0.6 is 0 Å². The van der Waals surface area contributed by atoms with Crippen molar-refractivity contribution in [1.82, 2.24) is 29.5 Å². The number of carbonyl (C=O) groups is 1. The fourth-order valence-corrected chi connectivity index (χ4v) is 5.79. The molecule has 3 aliphatic rings. The van der Waals surface area contributed by atoms with E-state index in [1.54, 1.807) is 18.5 Å². The monoisotopic (exact) mass is 545 g/mol. The maximum absolute atomic E-state index is 13.3. The van der Waals surface area contributed by atoms with Gasteiger partial charge in [0.1, 0.15) is 12.5 Å². The molecular weight excluding hydrogens is 514 g/mol. The Morgan fingerprint density at radius 1 is 1.03 bits per heavy atom. The topological polar surface area (TPSA) is 79.2 Å². The van der Waals surface area contributed by atoms with Gasteiger partial charge in [0, 0.05) is 54.8 Å². The first-order valence-electron chi connectivity index (χ1n) is 13.4. The minimum Gasteiger partial charge on any atom is -0.310 e. The van der Waals surface area contributed by atoms with E-state index >= 15 is 0 Å². The van der Waals surface area contributed by atoms with Gasteiger partial charge < -0.3 is 10.2 Å². The zero-order valence-electron chi connectivity index (χ0n) is 21.6. The fourth-order valence-electron chi connectivity index (χ4n) is 5.79. The molecule has 1 N–H and O–H groups in total. The van der Waals surface area contributed by atoms with Gasteiger partial charge in [-0.25, -0.2) is 9.37 Å². The van der Waals surface area contributed by atoms with Gasteiger partial charge in [0.05, 0.1) is 35.6 Å². The predicted molar refractivity (Wildman–Crippen MR) is 138 cm³/mol. The molecule has 0 radical (unpaired) electrons. The van der Waals surface area contributed by atoms with Crippen molar-refractivity contribution in [3.63, 3.8) is 0 Å². The minimum absolute atomic E-state index is 0.0287. The lowest BCUT2D eigenvalue weighted by Gasteiger charge is -2.34. The lowest BCUT2D eigenvalue weighted by molar-refractivity contribution is -0.192. The number of pyridine rings is 2. The number of nitrogens with zero attached hydrogens (tertiary/aromatic N) is 6. The molecule has 39 heavy (non-hydrogen) atoms. The predicted octanol–water partition coefficient (Wildman–Crippen LogP) is 4.27. The third-order valence-corrected chi connectivity index (χ3v) is 8.42. The van der Waals surface area contributed by atoms with Crippen molar-refractivity contribution in [2.45, 2.75) is 44.9 Å². The summed E-state index contributed by atoms with van der Waals surface area (Å²) in [6.45, 7) is 3.07. The van der Waals surface area contributed by atoms with Gasteiger partial charge in [-0.05, 0) is 50.9 Å². The molecule has 0 unspecified atom stereocenters. The number of likely N-dealkylation sites (tertiary alicyclic amines) is 1. The Hall–Kier alpha value is -3.12. The summed E-state index contributed by atoms with van der Waals surface area (Å²) in [5, 5.41) is 8.20. The number of carbonyl (C=O) groups excluding carboxylic acids is 1. The largest absolute Gasteiger partial charge is 0.395 e. The summed E-state index contributed by atoms with van der Waals surface area (Å²) >= 11 is 0. The number of hydrogen-bond acceptors (Lipinski definition) is 6. The van der Waals surface area contributed by atoms with E-state index in [1.807, 2.05) is 21.8 Å². The molecule has 0 spiro atoms. The molecule has 0 aromatic carbocycles. The van der Waals surface area contributed by atoms with E-state index < -0.39 is 11.6 Å². The van der Waals surface area contributed by atoms with Crippen LogP contribution in [0.3, 0.4) is 0 Å². The molecule has 3 aromatic rings. The van der Waals surface area contributed by atoms with Gasteiger partial charge in [-0.15, -0.1) is 0 Å². The van der Waals surface area contributed by atoms with Crippen molar-refractivity contribution in [2.24, 2.45) is 11.3 Å². The van der Waals surface area contributed by atoms with Crippen LogP contribution in [0.2, 0.25) is 0 Å². The maximum Gasteiger partial charge on any atom is 0.395 e. The average Bonchev–Trinajstić information content (AvgIpc) is 3.60. The Morgan fingerprint density at radius 3 is 2.54 bits per heavy atom. The number of halogens is 4. The molecule has 0 atom stereocenters. The van der Waals surface area contributed by atoms with Crippen molar-refractivity contribution in [3.05, 3.63) is 36.4 Å². The van der Waals surface area contributed by atoms with Crippen molar-refractivity contribution < 1.29 is 22.4 Å². The van der Waals surface area contributed by atoms with E-state index in [1.165, 1.54) is 0 Å². The summed E-state index contributed by atoms with van der Waals surface area (Å²) in [5.41, 5.74) is 1.99. The number of rotatable bonds is 7. The van der Waals surface area contributed by atoms with E-state index in [4.69, 9.17) is 0 Å². The van der Waals surface area contributed by atoms with E-state index in [0.717, 1.165) is 28.8 Å². The number of hydrogen-bond donors (Lipinski definition) is 1. The van der Waals surface area contributed by atoms with Gasteiger partial charge >= 0.3 is 6.18 Å². The van der Waals surface area contributed by atoms with Crippen LogP contribution < -0.4 is 5.32 Å². The summed E-state index contributed by atoms with van der Waals surface area (Å²) < 4.78 is 54.8. The van der Waals surface area contributed by atoms with Crippen LogP contribution in [0.5, 0.6) is 0 Å². The Bertz CT molecular complexity index is 1360. The van der Waals surface area contributed by atoms with Crippen molar-refractivity contribution in [1.29, 1.82) is 0 Å². The number of alkyl halides is 4. The highest BCUT2D eigenvalue weighted by Gasteiger charge is 2.63. The molecule has 2 fully saturated rings. The molecule has 1 saturated heterocycles. The van der Waals surface area contributed by atoms with Crippen LogP contribution in [0.1, 0.15) is 31.4 Å². The summed E-state index contributed by atoms with van der Waals surface area (Å²) in [5.74, 6) is -0.0225. The Balaban J connectivity index is 1.11. The minimum atomic E-state index is -4.16. The highest BCUT2D eigenvalue weighted by molar-refractivity contribution is 5.94. The highest BCUT2D eigenvalue weighted by atomic mass is 19.4. The average molecular weight is 546 g/mol. The maximum atomic E-state index is 13.3. The summed E-state index contributed by atoms with van der Waals surface area (Å²) in [6, 6.07) is 3.77. The molecule has 1 saturated carbocycles. The Morgan fingerprint density at radius 2 is 1.82 bits per heavy atom. The zero-order valence-corrected chi connectivity index (χ0v) is 21.6. The molecular formula is C27H31F4N7O. The summed E-state index contributed by atoms with van der Waals surface area (Å²) in [6.07, 6.45) is 2.46. The molecule has 2 aliphatic heterocycles. The quantitative estimate of drug-likeness (QED) is 0.447. The standard InChI is InChI=1S/C27H31F4N7O/c28-5-8-36-9-10-38-23(16-36)21(14-34-38)20-11-19-12-24(33-15-22(19)32-13-20)35-25(39)18-1-6-37(7-2-18)17-26(3-4-26)27(29,30)31/h11-15,18H,1-10,16-17H2,(H,33,35,39). The van der Waals surface area contributed by atoms with Gasteiger partial charge in [0.2, 0.25) is 5.91 Å². The molecule has 3 aromatic heterocycles. The lowest BCUT2D eigenvalue weighted by atomic mass is 9.94. The third kappa shape index (κ3) is 5.23. The van der Waals surface area contributed by atoms with E-state index in [9.17, 15) is 22.4 Å². The van der Waals surface area contributed by atoms with Gasteiger partial charge in [-0.3, -0.25) is 19.4 Å². The second-order valence-electron chi connectivity index (χ2n) is 11.0. The van der Waals surface area contributed by atoms with Crippen LogP contribution in [0.4, 0.5) is 23.4 Å². The number of anilines is 1. The normalized spacial score (nSPS) is 20.2. The van der Waals surface area contributed by atoms with Gasteiger partial charge in [-0.1, -0.05) is 0 Å². The first-order valence-corrected chi connectivity index (χ1v) is 13.4. The van der Waals surface area contributed by atoms with Crippen LogP contribution in [0.15, 0.2) is 30.7 Å². The van der Waals surface area contributed by atoms with E-state index in [2.05, 4.69) is 25.3 Å².